The van der Waals surface area contributed by atoms with Gasteiger partial charge >= 0.3 is 12.0 Å². The Balaban J connectivity index is 2.51. The molecule has 1 rings (SSSR count). The Morgan fingerprint density at radius 2 is 2.28 bits per heavy atom. The smallest absolute Gasteiger partial charge is 0.323 e. The standard InChI is InChI=1S/C11H17N3O3S/c1-4-8-6-18-10(12-8)13-11(17)14(3)5-7(2)9(15)16/h6-7H,4-5H2,1-3H3,(H,15,16)(H,12,13,17). The summed E-state index contributed by atoms with van der Waals surface area (Å²) in [6, 6.07) is -0.347. The highest BCUT2D eigenvalue weighted by Gasteiger charge is 2.18. The monoisotopic (exact) mass is 271 g/mol. The van der Waals surface area contributed by atoms with Gasteiger partial charge in [0, 0.05) is 19.0 Å². The van der Waals surface area contributed by atoms with Gasteiger partial charge in [0.2, 0.25) is 0 Å². The van der Waals surface area contributed by atoms with Crippen LogP contribution in [-0.4, -0.2) is 40.6 Å². The number of nitrogens with one attached hydrogen (secondary N) is 1. The zero-order valence-electron chi connectivity index (χ0n) is 10.6. The lowest BCUT2D eigenvalue weighted by Gasteiger charge is -2.19. The highest BCUT2D eigenvalue weighted by Crippen LogP contribution is 2.16. The highest BCUT2D eigenvalue weighted by atomic mass is 32.1. The van der Waals surface area contributed by atoms with Crippen molar-refractivity contribution in [2.45, 2.75) is 20.3 Å². The van der Waals surface area contributed by atoms with Gasteiger partial charge in [0.05, 0.1) is 11.6 Å². The Hall–Kier alpha value is -1.63. The van der Waals surface area contributed by atoms with E-state index in [1.807, 2.05) is 12.3 Å². The van der Waals surface area contributed by atoms with Gasteiger partial charge in [-0.05, 0) is 6.42 Å². The van der Waals surface area contributed by atoms with Gasteiger partial charge in [0.1, 0.15) is 0 Å². The lowest BCUT2D eigenvalue weighted by molar-refractivity contribution is -0.141. The number of anilines is 1. The molecule has 7 heteroatoms. The summed E-state index contributed by atoms with van der Waals surface area (Å²) in [4.78, 5) is 28.0. The van der Waals surface area contributed by atoms with E-state index in [1.165, 1.54) is 16.2 Å². The topological polar surface area (TPSA) is 82.5 Å². The van der Waals surface area contributed by atoms with E-state index in [1.54, 1.807) is 14.0 Å². The number of hydrogen-bond donors (Lipinski definition) is 2. The molecule has 2 amide bonds. The minimum Gasteiger partial charge on any atom is -0.481 e. The SMILES string of the molecule is CCc1csc(NC(=O)N(C)CC(C)C(=O)O)n1. The molecule has 0 bridgehead atoms. The molecule has 100 valence electrons. The third-order valence-electron chi connectivity index (χ3n) is 2.44. The number of thiazole rings is 1. The molecular formula is C11H17N3O3S. The second-order valence-corrected chi connectivity index (χ2v) is 4.91. The molecule has 1 aromatic heterocycles. The number of aryl methyl sites for hydroxylation is 1. The van der Waals surface area contributed by atoms with Crippen LogP contribution in [0.4, 0.5) is 9.93 Å². The minimum atomic E-state index is -0.919. The molecule has 0 saturated heterocycles. The van der Waals surface area contributed by atoms with Crippen molar-refractivity contribution in [2.75, 3.05) is 18.9 Å². The van der Waals surface area contributed by atoms with Crippen LogP contribution in [0.5, 0.6) is 0 Å². The van der Waals surface area contributed by atoms with Crippen LogP contribution in [0, 0.1) is 5.92 Å². The first-order chi connectivity index (χ1) is 8.43. The quantitative estimate of drug-likeness (QED) is 0.856. The number of carbonyl (C=O) groups excluding carboxylic acids is 1. The third kappa shape index (κ3) is 3.99. The second kappa shape index (κ2) is 6.34. The van der Waals surface area contributed by atoms with Crippen LogP contribution in [-0.2, 0) is 11.2 Å². The number of amides is 2. The van der Waals surface area contributed by atoms with Crippen molar-refractivity contribution < 1.29 is 14.7 Å². The van der Waals surface area contributed by atoms with Gasteiger partial charge in [-0.3, -0.25) is 10.1 Å². The Morgan fingerprint density at radius 3 is 2.78 bits per heavy atom. The Morgan fingerprint density at radius 1 is 1.61 bits per heavy atom. The predicted octanol–water partition coefficient (Wildman–Crippen LogP) is 1.89. The predicted molar refractivity (Wildman–Crippen MR) is 69.9 cm³/mol. The molecule has 0 aliphatic carbocycles. The van der Waals surface area contributed by atoms with E-state index in [9.17, 15) is 9.59 Å². The van der Waals surface area contributed by atoms with E-state index in [2.05, 4.69) is 10.3 Å². The number of nitrogens with zero attached hydrogens (tertiary/aromatic N) is 2. The zero-order chi connectivity index (χ0) is 13.7. The fraction of sp³-hybridized carbons (Fsp3) is 0.545. The fourth-order valence-corrected chi connectivity index (χ4v) is 2.07. The van der Waals surface area contributed by atoms with Crippen molar-refractivity contribution >= 4 is 28.5 Å². The second-order valence-electron chi connectivity index (χ2n) is 4.05. The van der Waals surface area contributed by atoms with Crippen LogP contribution >= 0.6 is 11.3 Å². The first kappa shape index (κ1) is 14.4. The molecule has 18 heavy (non-hydrogen) atoms. The van der Waals surface area contributed by atoms with Gasteiger partial charge in [-0.25, -0.2) is 9.78 Å². The average Bonchev–Trinajstić information content (AvgIpc) is 2.76. The van der Waals surface area contributed by atoms with Crippen molar-refractivity contribution in [1.82, 2.24) is 9.88 Å². The first-order valence-corrected chi connectivity index (χ1v) is 6.51. The van der Waals surface area contributed by atoms with Crippen molar-refractivity contribution in [2.24, 2.45) is 5.92 Å². The summed E-state index contributed by atoms with van der Waals surface area (Å²) in [6.45, 7) is 3.71. The number of carbonyl (C=O) groups is 2. The summed E-state index contributed by atoms with van der Waals surface area (Å²) in [5.74, 6) is -1.51. The van der Waals surface area contributed by atoms with E-state index in [0.29, 0.717) is 5.13 Å². The van der Waals surface area contributed by atoms with Crippen molar-refractivity contribution in [1.29, 1.82) is 0 Å². The molecule has 2 N–H and O–H groups in total. The lowest BCUT2D eigenvalue weighted by atomic mass is 10.2. The molecule has 1 aromatic rings. The fourth-order valence-electron chi connectivity index (χ4n) is 1.29. The van der Waals surface area contributed by atoms with E-state index < -0.39 is 11.9 Å². The number of carboxylic acids is 1. The summed E-state index contributed by atoms with van der Waals surface area (Å²) < 4.78 is 0. The van der Waals surface area contributed by atoms with Crippen molar-refractivity contribution in [3.05, 3.63) is 11.1 Å². The van der Waals surface area contributed by atoms with E-state index >= 15 is 0 Å². The molecule has 6 nitrogen and oxygen atoms in total. The van der Waals surface area contributed by atoms with E-state index in [-0.39, 0.29) is 12.6 Å². The normalized spacial score (nSPS) is 11.9. The number of rotatable bonds is 5. The van der Waals surface area contributed by atoms with Gasteiger partial charge in [0.25, 0.3) is 0 Å². The summed E-state index contributed by atoms with van der Waals surface area (Å²) in [7, 11) is 1.56. The van der Waals surface area contributed by atoms with Gasteiger partial charge in [-0.2, -0.15) is 0 Å². The Kier molecular flexibility index (Phi) is 5.08. The van der Waals surface area contributed by atoms with Crippen molar-refractivity contribution in [3.8, 4) is 0 Å². The van der Waals surface area contributed by atoms with Crippen LogP contribution in [0.25, 0.3) is 0 Å². The first-order valence-electron chi connectivity index (χ1n) is 5.63. The maximum absolute atomic E-state index is 11.8. The van der Waals surface area contributed by atoms with Crippen LogP contribution in [0.15, 0.2) is 5.38 Å². The molecule has 0 saturated carbocycles. The van der Waals surface area contributed by atoms with Gasteiger partial charge in [-0.1, -0.05) is 13.8 Å². The number of urea groups is 1. The molecule has 1 unspecified atom stereocenters. The minimum absolute atomic E-state index is 0.160. The summed E-state index contributed by atoms with van der Waals surface area (Å²) in [5.41, 5.74) is 0.928. The van der Waals surface area contributed by atoms with Crippen molar-refractivity contribution in [3.63, 3.8) is 0 Å². The molecule has 1 atom stereocenters. The van der Waals surface area contributed by atoms with Gasteiger partial charge in [-0.15, -0.1) is 11.3 Å². The Bertz CT molecular complexity index is 433. The van der Waals surface area contributed by atoms with Crippen LogP contribution < -0.4 is 5.32 Å². The Labute approximate surface area is 110 Å². The van der Waals surface area contributed by atoms with Crippen LogP contribution in [0.2, 0.25) is 0 Å². The highest BCUT2D eigenvalue weighted by molar-refractivity contribution is 7.13. The van der Waals surface area contributed by atoms with Crippen LogP contribution in [0.1, 0.15) is 19.5 Å². The van der Waals surface area contributed by atoms with Gasteiger partial charge in [0.15, 0.2) is 5.13 Å². The number of carboxylic acid groups (broad SMARTS) is 1. The summed E-state index contributed by atoms with van der Waals surface area (Å²) in [6.07, 6.45) is 0.818. The largest absolute Gasteiger partial charge is 0.481 e. The van der Waals surface area contributed by atoms with E-state index in [4.69, 9.17) is 5.11 Å². The molecule has 0 aliphatic rings. The lowest BCUT2D eigenvalue weighted by Crippen LogP contribution is -2.36. The zero-order valence-corrected chi connectivity index (χ0v) is 11.5. The maximum atomic E-state index is 11.8. The molecule has 1 heterocycles. The van der Waals surface area contributed by atoms with E-state index in [0.717, 1.165) is 12.1 Å². The van der Waals surface area contributed by atoms with Crippen LogP contribution in [0.3, 0.4) is 0 Å². The molecular weight excluding hydrogens is 254 g/mol. The van der Waals surface area contributed by atoms with Gasteiger partial charge < -0.3 is 10.0 Å². The average molecular weight is 271 g/mol. The molecule has 0 aliphatic heterocycles. The molecule has 0 fully saturated rings. The number of aromatic nitrogens is 1. The number of hydrogen-bond acceptors (Lipinski definition) is 4. The number of aliphatic carboxylic acids is 1. The summed E-state index contributed by atoms with van der Waals surface area (Å²) >= 11 is 1.36. The third-order valence-corrected chi connectivity index (χ3v) is 3.25. The molecule has 0 radical (unpaired) electrons. The molecule has 0 spiro atoms. The molecule has 0 aromatic carbocycles. The maximum Gasteiger partial charge on any atom is 0.323 e. The summed E-state index contributed by atoms with van der Waals surface area (Å²) in [5, 5.41) is 13.8.